The van der Waals surface area contributed by atoms with E-state index >= 15 is 0 Å². The van der Waals surface area contributed by atoms with Gasteiger partial charge < -0.3 is 4.90 Å². The number of halogens is 1. The predicted molar refractivity (Wildman–Crippen MR) is 64.7 cm³/mol. The van der Waals surface area contributed by atoms with Gasteiger partial charge in [0.25, 0.3) is 0 Å². The van der Waals surface area contributed by atoms with Crippen molar-refractivity contribution in [3.8, 4) is 0 Å². The average molecular weight is 225 g/mol. The maximum Gasteiger partial charge on any atom is 0.0512 e. The summed E-state index contributed by atoms with van der Waals surface area (Å²) in [6, 6.07) is 2.67. The molecule has 2 heterocycles. The molecule has 1 saturated heterocycles. The van der Waals surface area contributed by atoms with E-state index in [1.54, 1.807) is 0 Å². The second-order valence-electron chi connectivity index (χ2n) is 4.34. The molecule has 3 heteroatoms. The number of pyridine rings is 1. The zero-order chi connectivity index (χ0) is 10.8. The number of aromatic nitrogens is 1. The molecule has 0 radical (unpaired) electrons. The van der Waals surface area contributed by atoms with Crippen molar-refractivity contribution in [2.24, 2.45) is 0 Å². The molecule has 2 atom stereocenters. The third-order valence-corrected chi connectivity index (χ3v) is 3.48. The summed E-state index contributed by atoms with van der Waals surface area (Å²) in [5.74, 6) is 0. The first-order valence-electron chi connectivity index (χ1n) is 5.50. The Morgan fingerprint density at radius 1 is 1.47 bits per heavy atom. The van der Waals surface area contributed by atoms with E-state index in [1.165, 1.54) is 17.7 Å². The van der Waals surface area contributed by atoms with Crippen LogP contribution >= 0.6 is 11.6 Å². The average Bonchev–Trinajstić information content (AvgIpc) is 2.23. The lowest BCUT2D eigenvalue weighted by atomic mass is 10.0. The highest BCUT2D eigenvalue weighted by molar-refractivity contribution is 6.21. The van der Waals surface area contributed by atoms with Gasteiger partial charge in [-0.3, -0.25) is 4.98 Å². The summed E-state index contributed by atoms with van der Waals surface area (Å²) < 4.78 is 0. The van der Waals surface area contributed by atoms with Crippen molar-refractivity contribution in [3.05, 3.63) is 24.0 Å². The van der Waals surface area contributed by atoms with Crippen LogP contribution in [0.5, 0.6) is 0 Å². The SMILES string of the molecule is Cc1cnccc1N1CC(Cl)CCC1C. The van der Waals surface area contributed by atoms with Crippen molar-refractivity contribution in [1.82, 2.24) is 4.98 Å². The second-order valence-corrected chi connectivity index (χ2v) is 4.96. The Labute approximate surface area is 96.3 Å². The van der Waals surface area contributed by atoms with Crippen LogP contribution in [0.2, 0.25) is 0 Å². The summed E-state index contributed by atoms with van der Waals surface area (Å²) in [6.45, 7) is 5.32. The number of anilines is 1. The Hall–Kier alpha value is -0.760. The highest BCUT2D eigenvalue weighted by atomic mass is 35.5. The van der Waals surface area contributed by atoms with Crippen LogP contribution in [-0.2, 0) is 0 Å². The van der Waals surface area contributed by atoms with Gasteiger partial charge in [0.1, 0.15) is 0 Å². The maximum absolute atomic E-state index is 6.22. The highest BCUT2D eigenvalue weighted by Crippen LogP contribution is 2.28. The van der Waals surface area contributed by atoms with Crippen LogP contribution in [0.3, 0.4) is 0 Å². The number of piperidine rings is 1. The quantitative estimate of drug-likeness (QED) is 0.682. The molecule has 0 spiro atoms. The lowest BCUT2D eigenvalue weighted by Crippen LogP contribution is -2.42. The van der Waals surface area contributed by atoms with Crippen LogP contribution < -0.4 is 4.90 Å². The molecule has 0 saturated carbocycles. The zero-order valence-corrected chi connectivity index (χ0v) is 10.0. The van der Waals surface area contributed by atoms with Gasteiger partial charge in [0, 0.05) is 30.7 Å². The van der Waals surface area contributed by atoms with Gasteiger partial charge in [-0.05, 0) is 38.3 Å². The summed E-state index contributed by atoms with van der Waals surface area (Å²) in [7, 11) is 0. The third kappa shape index (κ3) is 2.25. The molecule has 0 amide bonds. The van der Waals surface area contributed by atoms with E-state index in [2.05, 4.69) is 29.8 Å². The first-order valence-corrected chi connectivity index (χ1v) is 5.93. The lowest BCUT2D eigenvalue weighted by Gasteiger charge is -2.38. The van der Waals surface area contributed by atoms with Gasteiger partial charge in [0.05, 0.1) is 5.38 Å². The normalized spacial score (nSPS) is 26.7. The largest absolute Gasteiger partial charge is 0.367 e. The van der Waals surface area contributed by atoms with Gasteiger partial charge in [0.2, 0.25) is 0 Å². The fraction of sp³-hybridized carbons (Fsp3) is 0.583. The number of rotatable bonds is 1. The van der Waals surface area contributed by atoms with E-state index in [4.69, 9.17) is 11.6 Å². The summed E-state index contributed by atoms with van der Waals surface area (Å²) >= 11 is 6.22. The number of alkyl halides is 1. The fourth-order valence-electron chi connectivity index (χ4n) is 2.19. The molecular weight excluding hydrogens is 208 g/mol. The molecule has 2 rings (SSSR count). The van der Waals surface area contributed by atoms with E-state index in [0.29, 0.717) is 6.04 Å². The van der Waals surface area contributed by atoms with E-state index in [9.17, 15) is 0 Å². The Balaban J connectivity index is 2.25. The van der Waals surface area contributed by atoms with Crippen molar-refractivity contribution in [2.75, 3.05) is 11.4 Å². The molecule has 1 fully saturated rings. The van der Waals surface area contributed by atoms with Gasteiger partial charge >= 0.3 is 0 Å². The molecule has 2 nitrogen and oxygen atoms in total. The molecule has 82 valence electrons. The summed E-state index contributed by atoms with van der Waals surface area (Å²) in [6.07, 6.45) is 6.08. The van der Waals surface area contributed by atoms with E-state index < -0.39 is 0 Å². The van der Waals surface area contributed by atoms with E-state index in [-0.39, 0.29) is 5.38 Å². The van der Waals surface area contributed by atoms with Gasteiger partial charge in [-0.25, -0.2) is 0 Å². The summed E-state index contributed by atoms with van der Waals surface area (Å²) in [4.78, 5) is 6.53. The molecule has 2 unspecified atom stereocenters. The van der Waals surface area contributed by atoms with E-state index in [0.717, 1.165) is 13.0 Å². The monoisotopic (exact) mass is 224 g/mol. The summed E-state index contributed by atoms with van der Waals surface area (Å²) in [5, 5.41) is 0.286. The molecule has 1 aliphatic rings. The van der Waals surface area contributed by atoms with Crippen LogP contribution in [0, 0.1) is 6.92 Å². The van der Waals surface area contributed by atoms with Crippen LogP contribution in [-0.4, -0.2) is 22.9 Å². The second kappa shape index (κ2) is 4.40. The predicted octanol–water partition coefficient (Wildman–Crippen LogP) is 2.99. The van der Waals surface area contributed by atoms with Crippen molar-refractivity contribution in [2.45, 2.75) is 38.1 Å². The first-order chi connectivity index (χ1) is 7.18. The molecule has 1 aromatic heterocycles. The lowest BCUT2D eigenvalue weighted by molar-refractivity contribution is 0.489. The first kappa shape index (κ1) is 10.7. The van der Waals surface area contributed by atoms with Gasteiger partial charge in [-0.1, -0.05) is 0 Å². The standard InChI is InChI=1S/C12H17ClN2/c1-9-7-14-6-5-12(9)15-8-11(13)4-3-10(15)2/h5-7,10-11H,3-4,8H2,1-2H3. The van der Waals surface area contributed by atoms with Crippen molar-refractivity contribution in [3.63, 3.8) is 0 Å². The minimum Gasteiger partial charge on any atom is -0.367 e. The summed E-state index contributed by atoms with van der Waals surface area (Å²) in [5.41, 5.74) is 2.51. The third-order valence-electron chi connectivity index (χ3n) is 3.12. The Morgan fingerprint density at radius 2 is 2.27 bits per heavy atom. The molecule has 1 aromatic rings. The van der Waals surface area contributed by atoms with Gasteiger partial charge in [-0.2, -0.15) is 0 Å². The van der Waals surface area contributed by atoms with Crippen LogP contribution in [0.4, 0.5) is 5.69 Å². The van der Waals surface area contributed by atoms with Gasteiger partial charge in [-0.15, -0.1) is 11.6 Å². The fourth-order valence-corrected chi connectivity index (χ4v) is 2.46. The number of hydrogen-bond acceptors (Lipinski definition) is 2. The molecule has 0 bridgehead atoms. The number of aryl methyl sites for hydroxylation is 1. The van der Waals surface area contributed by atoms with Crippen LogP contribution in [0.1, 0.15) is 25.3 Å². The molecule has 15 heavy (non-hydrogen) atoms. The van der Waals surface area contributed by atoms with Crippen LogP contribution in [0.15, 0.2) is 18.5 Å². The Bertz CT molecular complexity index is 340. The molecule has 0 aliphatic carbocycles. The smallest absolute Gasteiger partial charge is 0.0512 e. The molecule has 1 aliphatic heterocycles. The molecular formula is C12H17ClN2. The number of nitrogens with zero attached hydrogens (tertiary/aromatic N) is 2. The van der Waals surface area contributed by atoms with Gasteiger partial charge in [0.15, 0.2) is 0 Å². The Kier molecular flexibility index (Phi) is 3.15. The van der Waals surface area contributed by atoms with Crippen molar-refractivity contribution < 1.29 is 0 Å². The van der Waals surface area contributed by atoms with Crippen molar-refractivity contribution in [1.29, 1.82) is 0 Å². The van der Waals surface area contributed by atoms with Crippen LogP contribution in [0.25, 0.3) is 0 Å². The molecule has 0 N–H and O–H groups in total. The minimum atomic E-state index is 0.286. The van der Waals surface area contributed by atoms with Crippen molar-refractivity contribution >= 4 is 17.3 Å². The topological polar surface area (TPSA) is 16.1 Å². The minimum absolute atomic E-state index is 0.286. The molecule has 0 aromatic carbocycles. The maximum atomic E-state index is 6.22. The number of hydrogen-bond donors (Lipinski definition) is 0. The highest BCUT2D eigenvalue weighted by Gasteiger charge is 2.24. The Morgan fingerprint density at radius 3 is 3.00 bits per heavy atom. The van der Waals surface area contributed by atoms with E-state index in [1.807, 2.05) is 12.4 Å². The zero-order valence-electron chi connectivity index (χ0n) is 9.28.